The number of fused-ring (bicyclic) bond motifs is 1. The van der Waals surface area contributed by atoms with E-state index in [1.807, 2.05) is 35.2 Å². The van der Waals surface area contributed by atoms with Crippen LogP contribution in [0.15, 0.2) is 72.8 Å². The van der Waals surface area contributed by atoms with Crippen LogP contribution in [0.5, 0.6) is 5.75 Å². The van der Waals surface area contributed by atoms with Gasteiger partial charge < -0.3 is 14.2 Å². The first-order valence-corrected chi connectivity index (χ1v) is 13.1. The third-order valence-electron chi connectivity index (χ3n) is 7.16. The number of amides is 1. The van der Waals surface area contributed by atoms with Crippen molar-refractivity contribution in [2.75, 3.05) is 18.1 Å². The first-order valence-electron chi connectivity index (χ1n) is 13.1. The number of rotatable bonds is 9. The van der Waals surface area contributed by atoms with Crippen LogP contribution in [0.3, 0.4) is 0 Å². The zero-order chi connectivity index (χ0) is 25.1. The average Bonchev–Trinajstić information content (AvgIpc) is 3.44. The van der Waals surface area contributed by atoms with E-state index in [1.165, 1.54) is 5.56 Å². The van der Waals surface area contributed by atoms with Crippen molar-refractivity contribution in [3.05, 3.63) is 89.7 Å². The molecule has 0 spiro atoms. The zero-order valence-electron chi connectivity index (χ0n) is 21.5. The SMILES string of the molecule is Cc1ccccc1N1CC(c2nc3ccccc3n2CCCCOc2ccccc2C(C)C)CC1=O. The number of hydrogen-bond donors (Lipinski definition) is 0. The van der Waals surface area contributed by atoms with Gasteiger partial charge in [-0.05, 0) is 61.1 Å². The van der Waals surface area contributed by atoms with Gasteiger partial charge in [-0.3, -0.25) is 4.79 Å². The molecule has 5 rings (SSSR count). The Labute approximate surface area is 213 Å². The van der Waals surface area contributed by atoms with E-state index < -0.39 is 0 Å². The van der Waals surface area contributed by atoms with Crippen LogP contribution >= 0.6 is 0 Å². The van der Waals surface area contributed by atoms with Gasteiger partial charge in [-0.1, -0.05) is 62.4 Å². The fraction of sp³-hybridized carbons (Fsp3) is 0.355. The first kappa shape index (κ1) is 24.1. The summed E-state index contributed by atoms with van der Waals surface area (Å²) < 4.78 is 8.48. The highest BCUT2D eigenvalue weighted by Gasteiger charge is 2.35. The number of para-hydroxylation sites is 4. The number of ether oxygens (including phenoxy) is 1. The Morgan fingerprint density at radius 3 is 2.56 bits per heavy atom. The van der Waals surface area contributed by atoms with Crippen LogP contribution in [0.25, 0.3) is 11.0 Å². The van der Waals surface area contributed by atoms with Crippen LogP contribution in [0.1, 0.15) is 61.9 Å². The minimum Gasteiger partial charge on any atom is -0.493 e. The van der Waals surface area contributed by atoms with Crippen molar-refractivity contribution in [1.29, 1.82) is 0 Å². The average molecular weight is 482 g/mol. The highest BCUT2D eigenvalue weighted by atomic mass is 16.5. The van der Waals surface area contributed by atoms with Crippen molar-refractivity contribution in [2.24, 2.45) is 0 Å². The monoisotopic (exact) mass is 481 g/mol. The van der Waals surface area contributed by atoms with Gasteiger partial charge in [0.25, 0.3) is 0 Å². The highest BCUT2D eigenvalue weighted by molar-refractivity contribution is 5.97. The predicted octanol–water partition coefficient (Wildman–Crippen LogP) is 6.85. The lowest BCUT2D eigenvalue weighted by Crippen LogP contribution is -2.25. The lowest BCUT2D eigenvalue weighted by Gasteiger charge is -2.19. The molecule has 3 aromatic carbocycles. The molecule has 36 heavy (non-hydrogen) atoms. The molecule has 1 amide bonds. The summed E-state index contributed by atoms with van der Waals surface area (Å²) in [7, 11) is 0. The molecule has 1 aliphatic heterocycles. The van der Waals surface area contributed by atoms with Gasteiger partial charge in [0, 0.05) is 31.1 Å². The molecule has 1 aliphatic rings. The number of unbranched alkanes of at least 4 members (excludes halogenated alkanes) is 1. The maximum atomic E-state index is 13.0. The molecule has 1 unspecified atom stereocenters. The molecular weight excluding hydrogens is 446 g/mol. The van der Waals surface area contributed by atoms with Crippen molar-refractivity contribution in [2.45, 2.75) is 58.4 Å². The molecule has 5 heteroatoms. The Bertz CT molecular complexity index is 1360. The zero-order valence-corrected chi connectivity index (χ0v) is 21.5. The lowest BCUT2D eigenvalue weighted by molar-refractivity contribution is -0.117. The second kappa shape index (κ2) is 10.6. The van der Waals surface area contributed by atoms with Gasteiger partial charge in [-0.25, -0.2) is 4.98 Å². The molecule has 0 saturated carbocycles. The van der Waals surface area contributed by atoms with E-state index >= 15 is 0 Å². The molecule has 0 aliphatic carbocycles. The molecule has 2 heterocycles. The second-order valence-corrected chi connectivity index (χ2v) is 10.1. The minimum atomic E-state index is 0.0821. The number of carbonyl (C=O) groups excluding carboxylic acids is 1. The van der Waals surface area contributed by atoms with E-state index in [-0.39, 0.29) is 11.8 Å². The van der Waals surface area contributed by atoms with Crippen molar-refractivity contribution >= 4 is 22.6 Å². The summed E-state index contributed by atoms with van der Waals surface area (Å²) in [6.07, 6.45) is 2.43. The van der Waals surface area contributed by atoms with E-state index in [1.54, 1.807) is 0 Å². The number of nitrogens with zero attached hydrogens (tertiary/aromatic N) is 3. The first-order chi connectivity index (χ1) is 17.5. The summed E-state index contributed by atoms with van der Waals surface area (Å²) in [6.45, 7) is 8.67. The second-order valence-electron chi connectivity index (χ2n) is 10.1. The van der Waals surface area contributed by atoms with Gasteiger partial charge in [0.1, 0.15) is 11.6 Å². The third kappa shape index (κ3) is 4.88. The lowest BCUT2D eigenvalue weighted by atomic mass is 10.0. The molecule has 1 aromatic heterocycles. The standard InChI is InChI=1S/C31H35N3O2/c1-22(2)25-13-5-9-17-29(25)36-19-11-10-18-33-28-16-8-6-14-26(28)32-31(33)24-20-30(35)34(21-24)27-15-7-4-12-23(27)3/h4-9,12-17,22,24H,10-11,18-21H2,1-3H3. The van der Waals surface area contributed by atoms with E-state index in [4.69, 9.17) is 9.72 Å². The number of aromatic nitrogens is 2. The molecule has 4 aromatic rings. The Morgan fingerprint density at radius 1 is 0.972 bits per heavy atom. The van der Waals surface area contributed by atoms with E-state index in [0.29, 0.717) is 25.5 Å². The van der Waals surface area contributed by atoms with Crippen molar-refractivity contribution in [3.63, 3.8) is 0 Å². The molecular formula is C31H35N3O2. The van der Waals surface area contributed by atoms with Crippen molar-refractivity contribution < 1.29 is 9.53 Å². The third-order valence-corrected chi connectivity index (χ3v) is 7.16. The molecule has 0 bridgehead atoms. The van der Waals surface area contributed by atoms with Gasteiger partial charge in [0.2, 0.25) is 5.91 Å². The number of imidazole rings is 1. The Morgan fingerprint density at radius 2 is 1.72 bits per heavy atom. The highest BCUT2D eigenvalue weighted by Crippen LogP contribution is 2.34. The van der Waals surface area contributed by atoms with Crippen LogP contribution in [0.2, 0.25) is 0 Å². The Kier molecular flexibility index (Phi) is 7.08. The van der Waals surface area contributed by atoms with E-state index in [9.17, 15) is 4.79 Å². The van der Waals surface area contributed by atoms with E-state index in [2.05, 4.69) is 67.8 Å². The molecule has 5 nitrogen and oxygen atoms in total. The van der Waals surface area contributed by atoms with Crippen molar-refractivity contribution in [3.8, 4) is 5.75 Å². The van der Waals surface area contributed by atoms with Crippen molar-refractivity contribution in [1.82, 2.24) is 9.55 Å². The summed E-state index contributed by atoms with van der Waals surface area (Å²) in [5.74, 6) is 2.70. The maximum absolute atomic E-state index is 13.0. The summed E-state index contributed by atoms with van der Waals surface area (Å²) in [5.41, 5.74) is 5.52. The molecule has 0 N–H and O–H groups in total. The van der Waals surface area contributed by atoms with Crippen LogP contribution in [0, 0.1) is 6.92 Å². The molecule has 0 radical (unpaired) electrons. The number of aryl methyl sites for hydroxylation is 2. The molecule has 1 atom stereocenters. The molecule has 1 fully saturated rings. The van der Waals surface area contributed by atoms with Crippen LogP contribution in [-0.4, -0.2) is 28.6 Å². The van der Waals surface area contributed by atoms with Crippen LogP contribution in [0.4, 0.5) is 5.69 Å². The number of benzene rings is 3. The number of hydrogen-bond acceptors (Lipinski definition) is 3. The molecule has 1 saturated heterocycles. The fourth-order valence-corrected chi connectivity index (χ4v) is 5.26. The van der Waals surface area contributed by atoms with Gasteiger partial charge in [-0.2, -0.15) is 0 Å². The predicted molar refractivity (Wildman–Crippen MR) is 146 cm³/mol. The minimum absolute atomic E-state index is 0.0821. The van der Waals surface area contributed by atoms with Gasteiger partial charge in [0.15, 0.2) is 0 Å². The normalized spacial score (nSPS) is 15.8. The number of carbonyl (C=O) groups is 1. The van der Waals surface area contributed by atoms with Gasteiger partial charge in [0.05, 0.1) is 17.6 Å². The summed E-state index contributed by atoms with van der Waals surface area (Å²) >= 11 is 0. The quantitative estimate of drug-likeness (QED) is 0.246. The molecule has 186 valence electrons. The topological polar surface area (TPSA) is 47.4 Å². The summed E-state index contributed by atoms with van der Waals surface area (Å²) in [5, 5.41) is 0. The van der Waals surface area contributed by atoms with E-state index in [0.717, 1.165) is 53.2 Å². The Balaban J connectivity index is 1.29. The van der Waals surface area contributed by atoms with Crippen LogP contribution < -0.4 is 9.64 Å². The van der Waals surface area contributed by atoms with Gasteiger partial charge in [-0.15, -0.1) is 0 Å². The fourth-order valence-electron chi connectivity index (χ4n) is 5.26. The maximum Gasteiger partial charge on any atom is 0.227 e. The number of anilines is 1. The Hall–Kier alpha value is -3.60. The summed E-state index contributed by atoms with van der Waals surface area (Å²) in [6, 6.07) is 24.7. The van der Waals surface area contributed by atoms with Crippen LogP contribution in [-0.2, 0) is 11.3 Å². The largest absolute Gasteiger partial charge is 0.493 e. The smallest absolute Gasteiger partial charge is 0.227 e. The summed E-state index contributed by atoms with van der Waals surface area (Å²) in [4.78, 5) is 20.0. The van der Waals surface area contributed by atoms with Gasteiger partial charge >= 0.3 is 0 Å².